The molecule has 96 valence electrons. The lowest BCUT2D eigenvalue weighted by Crippen LogP contribution is -2.42. The Bertz CT molecular complexity index is 439. The van der Waals surface area contributed by atoms with Crippen LogP contribution in [0.15, 0.2) is 11.2 Å². The molecule has 0 saturated carbocycles. The topological polar surface area (TPSA) is 74.1 Å². The molecule has 1 aromatic rings. The third kappa shape index (κ3) is 2.83. The molecule has 0 radical (unpaired) electrons. The van der Waals surface area contributed by atoms with Gasteiger partial charge in [0.25, 0.3) is 0 Å². The summed E-state index contributed by atoms with van der Waals surface area (Å²) in [4.78, 5) is 10.8. The zero-order chi connectivity index (χ0) is 13.0. The maximum atomic E-state index is 8.91. The van der Waals surface area contributed by atoms with Crippen LogP contribution < -0.4 is 10.2 Å². The Morgan fingerprint density at radius 1 is 1.61 bits per heavy atom. The molecular formula is C11H15N5OS. The van der Waals surface area contributed by atoms with Crippen molar-refractivity contribution in [1.29, 1.82) is 5.26 Å². The molecule has 2 heterocycles. The number of nitrogens with one attached hydrogen (secondary N) is 1. The average molecular weight is 265 g/mol. The largest absolute Gasteiger partial charge is 0.373 e. The molecule has 0 aromatic carbocycles. The summed E-state index contributed by atoms with van der Waals surface area (Å²) in [5.41, 5.74) is 0. The van der Waals surface area contributed by atoms with E-state index < -0.39 is 0 Å². The molecule has 7 heteroatoms. The van der Waals surface area contributed by atoms with Crippen molar-refractivity contribution in [1.82, 2.24) is 9.97 Å². The minimum Gasteiger partial charge on any atom is -0.373 e. The number of thioether (sulfide) groups is 1. The van der Waals surface area contributed by atoms with Crippen LogP contribution in [0.1, 0.15) is 0 Å². The van der Waals surface area contributed by atoms with E-state index in [0.29, 0.717) is 13.2 Å². The van der Waals surface area contributed by atoms with E-state index in [1.54, 1.807) is 0 Å². The van der Waals surface area contributed by atoms with Crippen molar-refractivity contribution in [2.75, 3.05) is 43.2 Å². The number of nitrogens with zero attached hydrogens (tertiary/aromatic N) is 4. The minimum absolute atomic E-state index is 0.385. The summed E-state index contributed by atoms with van der Waals surface area (Å²) in [6.45, 7) is 1.84. The van der Waals surface area contributed by atoms with Gasteiger partial charge >= 0.3 is 0 Å². The van der Waals surface area contributed by atoms with Crippen molar-refractivity contribution < 1.29 is 4.74 Å². The van der Waals surface area contributed by atoms with E-state index in [1.807, 2.05) is 19.4 Å². The lowest BCUT2D eigenvalue weighted by Gasteiger charge is -2.30. The van der Waals surface area contributed by atoms with Crippen LogP contribution in [-0.4, -0.2) is 49.1 Å². The molecular weight excluding hydrogens is 250 g/mol. The normalized spacial score (nSPS) is 19.4. The first-order chi connectivity index (χ1) is 8.76. The summed E-state index contributed by atoms with van der Waals surface area (Å²) in [6, 6.07) is 4.02. The van der Waals surface area contributed by atoms with Gasteiger partial charge in [0.05, 0.1) is 19.2 Å². The second-order valence-corrected chi connectivity index (χ2v) is 4.56. The maximum Gasteiger partial charge on any atom is 0.191 e. The van der Waals surface area contributed by atoms with E-state index >= 15 is 0 Å². The van der Waals surface area contributed by atoms with E-state index in [9.17, 15) is 0 Å². The highest BCUT2D eigenvalue weighted by atomic mass is 32.2. The Balaban J connectivity index is 2.24. The Morgan fingerprint density at radius 2 is 2.44 bits per heavy atom. The zero-order valence-corrected chi connectivity index (χ0v) is 11.2. The predicted octanol–water partition coefficient (Wildman–Crippen LogP) is 0.969. The first kappa shape index (κ1) is 12.9. The number of morpholine rings is 1. The monoisotopic (exact) mass is 265 g/mol. The van der Waals surface area contributed by atoms with Gasteiger partial charge in [-0.15, -0.1) is 0 Å². The van der Waals surface area contributed by atoms with Crippen LogP contribution in [0.25, 0.3) is 0 Å². The summed E-state index contributed by atoms with van der Waals surface area (Å²) in [7, 11) is 1.83. The van der Waals surface area contributed by atoms with Gasteiger partial charge in [-0.2, -0.15) is 5.26 Å². The van der Waals surface area contributed by atoms with Gasteiger partial charge in [0, 0.05) is 19.7 Å². The van der Waals surface area contributed by atoms with Gasteiger partial charge in [0.2, 0.25) is 0 Å². The number of nitriles is 1. The SMILES string of the molecule is CNc1cc(N2CCOC(C#N)C2)nc(SC)n1. The van der Waals surface area contributed by atoms with E-state index in [0.717, 1.165) is 23.3 Å². The van der Waals surface area contributed by atoms with Crippen LogP contribution in [-0.2, 0) is 4.74 Å². The number of ether oxygens (including phenoxy) is 1. The molecule has 0 bridgehead atoms. The molecule has 1 aliphatic rings. The second-order valence-electron chi connectivity index (χ2n) is 3.78. The fourth-order valence-electron chi connectivity index (χ4n) is 1.73. The third-order valence-corrected chi connectivity index (χ3v) is 3.21. The van der Waals surface area contributed by atoms with Gasteiger partial charge in [-0.05, 0) is 6.26 Å². The summed E-state index contributed by atoms with van der Waals surface area (Å²) in [5, 5.41) is 12.6. The highest BCUT2D eigenvalue weighted by molar-refractivity contribution is 7.98. The number of hydrogen-bond acceptors (Lipinski definition) is 7. The van der Waals surface area contributed by atoms with Gasteiger partial charge in [-0.1, -0.05) is 11.8 Å². The molecule has 1 aromatic heterocycles. The maximum absolute atomic E-state index is 8.91. The van der Waals surface area contributed by atoms with Crippen molar-refractivity contribution in [3.63, 3.8) is 0 Å². The highest BCUT2D eigenvalue weighted by Crippen LogP contribution is 2.21. The van der Waals surface area contributed by atoms with Crippen molar-refractivity contribution in [2.24, 2.45) is 0 Å². The van der Waals surface area contributed by atoms with Gasteiger partial charge in [-0.3, -0.25) is 0 Å². The predicted molar refractivity (Wildman–Crippen MR) is 70.9 cm³/mol. The first-order valence-electron chi connectivity index (χ1n) is 5.64. The van der Waals surface area contributed by atoms with Crippen molar-refractivity contribution >= 4 is 23.4 Å². The summed E-state index contributed by atoms with van der Waals surface area (Å²) >= 11 is 1.50. The van der Waals surface area contributed by atoms with Crippen molar-refractivity contribution in [2.45, 2.75) is 11.3 Å². The molecule has 0 amide bonds. The quantitative estimate of drug-likeness (QED) is 0.644. The molecule has 2 rings (SSSR count). The molecule has 0 aliphatic carbocycles. The van der Waals surface area contributed by atoms with E-state index in [1.165, 1.54) is 11.8 Å². The van der Waals surface area contributed by atoms with Crippen molar-refractivity contribution in [3.05, 3.63) is 6.07 Å². The number of hydrogen-bond donors (Lipinski definition) is 1. The zero-order valence-electron chi connectivity index (χ0n) is 10.4. The highest BCUT2D eigenvalue weighted by Gasteiger charge is 2.21. The Morgan fingerprint density at radius 3 is 3.11 bits per heavy atom. The minimum atomic E-state index is -0.385. The van der Waals surface area contributed by atoms with Crippen molar-refractivity contribution in [3.8, 4) is 6.07 Å². The number of aromatic nitrogens is 2. The number of anilines is 2. The molecule has 18 heavy (non-hydrogen) atoms. The van der Waals surface area contributed by atoms with Crippen LogP contribution in [0.4, 0.5) is 11.6 Å². The molecule has 1 unspecified atom stereocenters. The molecule has 1 atom stereocenters. The van der Waals surface area contributed by atoms with Gasteiger partial charge in [-0.25, -0.2) is 9.97 Å². The summed E-state index contributed by atoms with van der Waals surface area (Å²) in [5.74, 6) is 1.62. The van der Waals surface area contributed by atoms with Gasteiger partial charge in [0.1, 0.15) is 11.6 Å². The molecule has 0 spiro atoms. The molecule has 1 aliphatic heterocycles. The summed E-state index contributed by atoms with van der Waals surface area (Å²) in [6.07, 6.45) is 1.56. The van der Waals surface area contributed by atoms with Crippen LogP contribution in [0.5, 0.6) is 0 Å². The summed E-state index contributed by atoms with van der Waals surface area (Å²) < 4.78 is 5.32. The molecule has 1 N–H and O–H groups in total. The van der Waals surface area contributed by atoms with Crippen LogP contribution in [0, 0.1) is 11.3 Å². The lowest BCUT2D eigenvalue weighted by molar-refractivity contribution is 0.0761. The van der Waals surface area contributed by atoms with E-state index in [2.05, 4.69) is 26.3 Å². The number of rotatable bonds is 3. The van der Waals surface area contributed by atoms with E-state index in [-0.39, 0.29) is 6.10 Å². The van der Waals surface area contributed by atoms with E-state index in [4.69, 9.17) is 10.00 Å². The second kappa shape index (κ2) is 5.89. The smallest absolute Gasteiger partial charge is 0.191 e. The Labute approximate surface area is 110 Å². The average Bonchev–Trinajstić information content (AvgIpc) is 2.46. The molecule has 6 nitrogen and oxygen atoms in total. The molecule has 1 saturated heterocycles. The van der Waals surface area contributed by atoms with Crippen LogP contribution >= 0.6 is 11.8 Å². The lowest BCUT2D eigenvalue weighted by atomic mass is 10.3. The van der Waals surface area contributed by atoms with Gasteiger partial charge in [0.15, 0.2) is 11.3 Å². The fourth-order valence-corrected chi connectivity index (χ4v) is 2.10. The van der Waals surface area contributed by atoms with Crippen LogP contribution in [0.2, 0.25) is 0 Å². The van der Waals surface area contributed by atoms with Gasteiger partial charge < -0.3 is 15.0 Å². The Hall–Kier alpha value is -1.52. The molecule has 1 fully saturated rings. The fraction of sp³-hybridized carbons (Fsp3) is 0.545. The third-order valence-electron chi connectivity index (χ3n) is 2.67. The standard InChI is InChI=1S/C11H15N5OS/c1-13-9-5-10(15-11(14-9)18-2)16-3-4-17-8(6-12)7-16/h5,8H,3-4,7H2,1-2H3,(H,13,14,15). The first-order valence-corrected chi connectivity index (χ1v) is 6.86. The Kier molecular flexibility index (Phi) is 4.23. The van der Waals surface area contributed by atoms with Crippen LogP contribution in [0.3, 0.4) is 0 Å².